The fourth-order valence-corrected chi connectivity index (χ4v) is 3.50. The number of anilines is 1. The summed E-state index contributed by atoms with van der Waals surface area (Å²) < 4.78 is 0. The van der Waals surface area contributed by atoms with Gasteiger partial charge in [-0.2, -0.15) is 0 Å². The molecule has 114 valence electrons. The van der Waals surface area contributed by atoms with Crippen molar-refractivity contribution in [1.82, 2.24) is 0 Å². The molecule has 4 rings (SSSR count). The Kier molecular flexibility index (Phi) is 3.40. The molecule has 0 fully saturated rings. The first-order valence-electron chi connectivity index (χ1n) is 7.96. The topological polar surface area (TPSA) is 32.3 Å². The molecule has 0 saturated heterocycles. The lowest BCUT2D eigenvalue weighted by atomic mass is 9.79. The van der Waals surface area contributed by atoms with Crippen LogP contribution < -0.4 is 5.32 Å². The van der Waals surface area contributed by atoms with E-state index < -0.39 is 5.60 Å². The van der Waals surface area contributed by atoms with Crippen molar-refractivity contribution in [1.29, 1.82) is 0 Å². The SMILES string of the molecule is OC(c1ccccc1)(c1ccccc1)[C@@H]1Cc2ccccc2N1. The third kappa shape index (κ3) is 2.32. The highest BCUT2D eigenvalue weighted by Crippen LogP contribution is 2.40. The average Bonchev–Trinajstić information content (AvgIpc) is 3.07. The Morgan fingerprint density at radius 3 is 1.83 bits per heavy atom. The Morgan fingerprint density at radius 2 is 1.26 bits per heavy atom. The van der Waals surface area contributed by atoms with Crippen molar-refractivity contribution in [3.05, 3.63) is 102 Å². The zero-order valence-corrected chi connectivity index (χ0v) is 12.8. The summed E-state index contributed by atoms with van der Waals surface area (Å²) in [5.74, 6) is 0. The number of hydrogen-bond donors (Lipinski definition) is 2. The van der Waals surface area contributed by atoms with Gasteiger partial charge in [0, 0.05) is 5.69 Å². The third-order valence-corrected chi connectivity index (χ3v) is 4.70. The van der Waals surface area contributed by atoms with Crippen LogP contribution >= 0.6 is 0 Å². The second-order valence-electron chi connectivity index (χ2n) is 6.06. The summed E-state index contributed by atoms with van der Waals surface area (Å²) in [7, 11) is 0. The minimum absolute atomic E-state index is 0.0929. The van der Waals surface area contributed by atoms with Crippen LogP contribution in [0.25, 0.3) is 0 Å². The highest BCUT2D eigenvalue weighted by molar-refractivity contribution is 5.59. The molecule has 1 heterocycles. The lowest BCUT2D eigenvalue weighted by Gasteiger charge is -2.35. The van der Waals surface area contributed by atoms with Crippen molar-refractivity contribution in [2.24, 2.45) is 0 Å². The molecule has 0 spiro atoms. The molecule has 0 unspecified atom stereocenters. The maximum absolute atomic E-state index is 11.8. The first-order chi connectivity index (χ1) is 11.3. The highest BCUT2D eigenvalue weighted by atomic mass is 16.3. The van der Waals surface area contributed by atoms with E-state index in [1.54, 1.807) is 0 Å². The lowest BCUT2D eigenvalue weighted by Crippen LogP contribution is -2.44. The van der Waals surface area contributed by atoms with Crippen LogP contribution in [0.2, 0.25) is 0 Å². The minimum atomic E-state index is -1.07. The van der Waals surface area contributed by atoms with Gasteiger partial charge in [-0.1, -0.05) is 78.9 Å². The molecule has 0 radical (unpaired) electrons. The number of hydrogen-bond acceptors (Lipinski definition) is 2. The maximum Gasteiger partial charge on any atom is 0.135 e. The minimum Gasteiger partial charge on any atom is -0.378 e. The summed E-state index contributed by atoms with van der Waals surface area (Å²) in [6.07, 6.45) is 0.802. The van der Waals surface area contributed by atoms with E-state index in [2.05, 4.69) is 17.4 Å². The van der Waals surface area contributed by atoms with Gasteiger partial charge in [0.15, 0.2) is 0 Å². The molecule has 3 aromatic carbocycles. The van der Waals surface area contributed by atoms with Crippen molar-refractivity contribution in [2.75, 3.05) is 5.32 Å². The van der Waals surface area contributed by atoms with Gasteiger partial charge in [0.25, 0.3) is 0 Å². The van der Waals surface area contributed by atoms with Crippen molar-refractivity contribution >= 4 is 5.69 Å². The molecular formula is C21H19NO. The van der Waals surface area contributed by atoms with Gasteiger partial charge in [-0.3, -0.25) is 0 Å². The van der Waals surface area contributed by atoms with Crippen molar-refractivity contribution < 1.29 is 5.11 Å². The quantitative estimate of drug-likeness (QED) is 0.767. The third-order valence-electron chi connectivity index (χ3n) is 4.70. The molecule has 0 bridgehead atoms. The number of nitrogens with one attached hydrogen (secondary N) is 1. The molecule has 1 aliphatic heterocycles. The molecule has 2 nitrogen and oxygen atoms in total. The van der Waals surface area contributed by atoms with Crippen molar-refractivity contribution in [2.45, 2.75) is 18.1 Å². The van der Waals surface area contributed by atoms with E-state index in [0.717, 1.165) is 23.2 Å². The number of aliphatic hydroxyl groups is 1. The molecule has 23 heavy (non-hydrogen) atoms. The molecule has 2 N–H and O–H groups in total. The van der Waals surface area contributed by atoms with Gasteiger partial charge >= 0.3 is 0 Å². The van der Waals surface area contributed by atoms with Crippen LogP contribution in [0.4, 0.5) is 5.69 Å². The van der Waals surface area contributed by atoms with E-state index >= 15 is 0 Å². The molecule has 1 aliphatic rings. The molecule has 0 amide bonds. The van der Waals surface area contributed by atoms with E-state index in [4.69, 9.17) is 0 Å². The van der Waals surface area contributed by atoms with E-state index in [9.17, 15) is 5.11 Å². The molecule has 0 aliphatic carbocycles. The average molecular weight is 301 g/mol. The molecular weight excluding hydrogens is 282 g/mol. The van der Waals surface area contributed by atoms with E-state index in [0.29, 0.717) is 0 Å². The summed E-state index contributed by atoms with van der Waals surface area (Å²) >= 11 is 0. The number of para-hydroxylation sites is 1. The van der Waals surface area contributed by atoms with Crippen LogP contribution in [-0.2, 0) is 12.0 Å². The van der Waals surface area contributed by atoms with E-state index in [1.165, 1.54) is 5.56 Å². The summed E-state index contributed by atoms with van der Waals surface area (Å²) in [5.41, 5.74) is 3.13. The first kappa shape index (κ1) is 14.0. The van der Waals surface area contributed by atoms with Gasteiger partial charge in [-0.05, 0) is 29.2 Å². The van der Waals surface area contributed by atoms with Crippen LogP contribution in [0, 0.1) is 0 Å². The molecule has 0 aromatic heterocycles. The van der Waals surface area contributed by atoms with Crippen molar-refractivity contribution in [3.8, 4) is 0 Å². The second kappa shape index (κ2) is 5.56. The van der Waals surface area contributed by atoms with E-state index in [-0.39, 0.29) is 6.04 Å². The number of benzene rings is 3. The fraction of sp³-hybridized carbons (Fsp3) is 0.143. The molecule has 3 aromatic rings. The monoisotopic (exact) mass is 301 g/mol. The van der Waals surface area contributed by atoms with Gasteiger partial charge in [0.1, 0.15) is 5.60 Å². The normalized spacial score (nSPS) is 16.7. The van der Waals surface area contributed by atoms with Crippen molar-refractivity contribution in [3.63, 3.8) is 0 Å². The van der Waals surface area contributed by atoms with Crippen LogP contribution in [0.5, 0.6) is 0 Å². The molecule has 0 saturated carbocycles. The Hall–Kier alpha value is -2.58. The van der Waals surface area contributed by atoms with Gasteiger partial charge in [0.2, 0.25) is 0 Å². The number of fused-ring (bicyclic) bond motifs is 1. The van der Waals surface area contributed by atoms with Crippen LogP contribution in [-0.4, -0.2) is 11.1 Å². The first-order valence-corrected chi connectivity index (χ1v) is 7.96. The van der Waals surface area contributed by atoms with Crippen LogP contribution in [0.15, 0.2) is 84.9 Å². The summed E-state index contributed by atoms with van der Waals surface area (Å²) in [6, 6.07) is 28.0. The Bertz CT molecular complexity index is 734. The van der Waals surface area contributed by atoms with Crippen LogP contribution in [0.3, 0.4) is 0 Å². The summed E-state index contributed by atoms with van der Waals surface area (Å²) in [6.45, 7) is 0. The van der Waals surface area contributed by atoms with Gasteiger partial charge in [-0.25, -0.2) is 0 Å². The Morgan fingerprint density at radius 1 is 0.739 bits per heavy atom. The Balaban J connectivity index is 1.82. The zero-order chi connectivity index (χ0) is 15.7. The largest absolute Gasteiger partial charge is 0.378 e. The standard InChI is InChI=1S/C21H19NO/c23-21(17-10-3-1-4-11-17,18-12-5-2-6-13-18)20-15-16-9-7-8-14-19(16)22-20/h1-14,20,22-23H,15H2/t20-/m0/s1. The molecule has 2 heteroatoms. The van der Waals surface area contributed by atoms with Crippen LogP contribution in [0.1, 0.15) is 16.7 Å². The van der Waals surface area contributed by atoms with E-state index in [1.807, 2.05) is 72.8 Å². The Labute approximate surface area is 136 Å². The zero-order valence-electron chi connectivity index (χ0n) is 12.8. The smallest absolute Gasteiger partial charge is 0.135 e. The molecule has 1 atom stereocenters. The van der Waals surface area contributed by atoms with Gasteiger partial charge in [-0.15, -0.1) is 0 Å². The second-order valence-corrected chi connectivity index (χ2v) is 6.06. The predicted molar refractivity (Wildman–Crippen MR) is 93.4 cm³/mol. The predicted octanol–water partition coefficient (Wildman–Crippen LogP) is 3.96. The number of rotatable bonds is 3. The van der Waals surface area contributed by atoms with Gasteiger partial charge < -0.3 is 10.4 Å². The lowest BCUT2D eigenvalue weighted by molar-refractivity contribution is 0.0611. The fourth-order valence-electron chi connectivity index (χ4n) is 3.50. The highest BCUT2D eigenvalue weighted by Gasteiger charge is 2.42. The maximum atomic E-state index is 11.8. The summed E-state index contributed by atoms with van der Waals surface area (Å²) in [4.78, 5) is 0. The summed E-state index contributed by atoms with van der Waals surface area (Å²) in [5, 5.41) is 15.3. The van der Waals surface area contributed by atoms with Gasteiger partial charge in [0.05, 0.1) is 6.04 Å².